The molecule has 0 radical (unpaired) electrons. The first kappa shape index (κ1) is 16.5. The molecular formula is C13H16O9. The number of aromatic hydroxyl groups is 1. The van der Waals surface area contributed by atoms with Crippen molar-refractivity contribution in [1.82, 2.24) is 0 Å². The third-order valence-corrected chi connectivity index (χ3v) is 3.30. The number of carboxylic acid groups (broad SMARTS) is 1. The minimum Gasteiger partial charge on any atom is -0.504 e. The number of phenols is 1. The van der Waals surface area contributed by atoms with E-state index in [1.54, 1.807) is 0 Å². The Morgan fingerprint density at radius 1 is 1.18 bits per heavy atom. The minimum absolute atomic E-state index is 0.169. The van der Waals surface area contributed by atoms with Crippen LogP contribution in [0.25, 0.3) is 0 Å². The fourth-order valence-corrected chi connectivity index (χ4v) is 2.03. The van der Waals surface area contributed by atoms with Crippen LogP contribution in [0, 0.1) is 0 Å². The van der Waals surface area contributed by atoms with Crippen molar-refractivity contribution in [2.45, 2.75) is 30.7 Å². The van der Waals surface area contributed by atoms with Gasteiger partial charge < -0.3 is 40.1 Å². The van der Waals surface area contributed by atoms with Crippen molar-refractivity contribution in [3.8, 4) is 11.5 Å². The number of carbonyl (C=O) groups is 1. The van der Waals surface area contributed by atoms with Gasteiger partial charge in [-0.1, -0.05) is 0 Å². The zero-order valence-electron chi connectivity index (χ0n) is 11.2. The molecule has 0 spiro atoms. The van der Waals surface area contributed by atoms with Gasteiger partial charge in [0.2, 0.25) is 6.29 Å². The molecule has 0 unspecified atom stereocenters. The summed E-state index contributed by atoms with van der Waals surface area (Å²) >= 11 is 0. The lowest BCUT2D eigenvalue weighted by Crippen LogP contribution is -2.60. The van der Waals surface area contributed by atoms with Gasteiger partial charge in [-0.05, 0) is 18.2 Å². The number of carboxylic acids is 1. The van der Waals surface area contributed by atoms with Gasteiger partial charge >= 0.3 is 5.97 Å². The number of aliphatic hydroxyl groups excluding tert-OH is 4. The van der Waals surface area contributed by atoms with E-state index in [4.69, 9.17) is 19.7 Å². The van der Waals surface area contributed by atoms with Gasteiger partial charge in [0.25, 0.3) is 0 Å². The Bertz CT molecular complexity index is 544. The average molecular weight is 316 g/mol. The van der Waals surface area contributed by atoms with Gasteiger partial charge in [-0.15, -0.1) is 0 Å². The molecule has 9 heteroatoms. The summed E-state index contributed by atoms with van der Waals surface area (Å²) in [5.41, 5.74) is -0.169. The van der Waals surface area contributed by atoms with Crippen molar-refractivity contribution in [3.63, 3.8) is 0 Å². The molecule has 1 aromatic carbocycles. The molecular weight excluding hydrogens is 300 g/mol. The van der Waals surface area contributed by atoms with Crippen LogP contribution in [0.4, 0.5) is 0 Å². The lowest BCUT2D eigenvalue weighted by molar-refractivity contribution is -0.277. The first-order chi connectivity index (χ1) is 10.3. The van der Waals surface area contributed by atoms with Gasteiger partial charge in [-0.25, -0.2) is 4.79 Å². The highest BCUT2D eigenvalue weighted by molar-refractivity contribution is 5.88. The summed E-state index contributed by atoms with van der Waals surface area (Å²) < 4.78 is 10.3. The second-order valence-corrected chi connectivity index (χ2v) is 4.80. The van der Waals surface area contributed by atoms with Gasteiger partial charge in [0.05, 0.1) is 12.2 Å². The molecule has 1 aliphatic rings. The zero-order chi connectivity index (χ0) is 16.4. The van der Waals surface area contributed by atoms with E-state index in [-0.39, 0.29) is 11.3 Å². The Kier molecular flexibility index (Phi) is 4.84. The molecule has 6 N–H and O–H groups in total. The van der Waals surface area contributed by atoms with Gasteiger partial charge in [-0.2, -0.15) is 0 Å². The molecule has 9 nitrogen and oxygen atoms in total. The van der Waals surface area contributed by atoms with E-state index in [0.29, 0.717) is 0 Å². The molecule has 0 amide bonds. The Morgan fingerprint density at radius 3 is 2.45 bits per heavy atom. The highest BCUT2D eigenvalue weighted by Gasteiger charge is 2.44. The molecule has 1 aliphatic heterocycles. The molecule has 1 fully saturated rings. The number of aromatic carboxylic acids is 1. The van der Waals surface area contributed by atoms with Crippen LogP contribution in [0.3, 0.4) is 0 Å². The summed E-state index contributed by atoms with van der Waals surface area (Å²) in [5.74, 6) is -1.94. The lowest BCUT2D eigenvalue weighted by Gasteiger charge is -2.39. The molecule has 1 saturated heterocycles. The number of phenolic OH excluding ortho intramolecular Hbond substituents is 1. The molecule has 1 heterocycles. The van der Waals surface area contributed by atoms with E-state index in [1.165, 1.54) is 0 Å². The van der Waals surface area contributed by atoms with Gasteiger partial charge in [0, 0.05) is 0 Å². The first-order valence-electron chi connectivity index (χ1n) is 6.38. The first-order valence-corrected chi connectivity index (χ1v) is 6.38. The summed E-state index contributed by atoms with van der Waals surface area (Å²) in [5, 5.41) is 56.7. The van der Waals surface area contributed by atoms with E-state index in [2.05, 4.69) is 0 Å². The Balaban J connectivity index is 2.22. The van der Waals surface area contributed by atoms with Gasteiger partial charge in [0.15, 0.2) is 11.5 Å². The van der Waals surface area contributed by atoms with Crippen molar-refractivity contribution in [2.24, 2.45) is 0 Å². The highest BCUT2D eigenvalue weighted by atomic mass is 16.7. The van der Waals surface area contributed by atoms with Crippen LogP contribution >= 0.6 is 0 Å². The predicted octanol–water partition coefficient (Wildman–Crippen LogP) is -1.73. The molecule has 2 rings (SSSR count). The highest BCUT2D eigenvalue weighted by Crippen LogP contribution is 2.31. The summed E-state index contributed by atoms with van der Waals surface area (Å²) in [4.78, 5) is 10.9. The van der Waals surface area contributed by atoms with E-state index in [9.17, 15) is 25.2 Å². The van der Waals surface area contributed by atoms with Crippen molar-refractivity contribution in [2.75, 3.05) is 6.61 Å². The SMILES string of the molecule is O=C(O)c1ccc(O)c(O[C@@H]2O[C@H](CO)[C@@H](O)[C@H](O)[C@H]2O)c1. The maximum absolute atomic E-state index is 10.9. The number of benzene rings is 1. The van der Waals surface area contributed by atoms with E-state index >= 15 is 0 Å². The zero-order valence-corrected chi connectivity index (χ0v) is 11.2. The van der Waals surface area contributed by atoms with Crippen LogP contribution < -0.4 is 4.74 Å². The van der Waals surface area contributed by atoms with E-state index < -0.39 is 49.0 Å². The third-order valence-electron chi connectivity index (χ3n) is 3.30. The van der Waals surface area contributed by atoms with Crippen LogP contribution in [-0.2, 0) is 4.74 Å². The minimum atomic E-state index is -1.66. The summed E-state index contributed by atoms with van der Waals surface area (Å²) in [6.07, 6.45) is -7.52. The molecule has 0 aromatic heterocycles. The number of ether oxygens (including phenoxy) is 2. The van der Waals surface area contributed by atoms with Gasteiger partial charge in [-0.3, -0.25) is 0 Å². The second-order valence-electron chi connectivity index (χ2n) is 4.80. The fraction of sp³-hybridized carbons (Fsp3) is 0.462. The smallest absolute Gasteiger partial charge is 0.335 e. The lowest BCUT2D eigenvalue weighted by atomic mass is 9.99. The molecule has 22 heavy (non-hydrogen) atoms. The van der Waals surface area contributed by atoms with Crippen molar-refractivity contribution < 1.29 is 44.9 Å². The normalized spacial score (nSPS) is 31.7. The van der Waals surface area contributed by atoms with Crippen molar-refractivity contribution in [1.29, 1.82) is 0 Å². The number of rotatable bonds is 4. The van der Waals surface area contributed by atoms with Crippen molar-refractivity contribution in [3.05, 3.63) is 23.8 Å². The fourth-order valence-electron chi connectivity index (χ4n) is 2.03. The summed E-state index contributed by atoms with van der Waals surface area (Å²) in [7, 11) is 0. The van der Waals surface area contributed by atoms with Crippen LogP contribution in [0.1, 0.15) is 10.4 Å². The number of hydrogen-bond acceptors (Lipinski definition) is 8. The third kappa shape index (κ3) is 3.13. The maximum Gasteiger partial charge on any atom is 0.335 e. The van der Waals surface area contributed by atoms with Crippen LogP contribution in [0.5, 0.6) is 11.5 Å². The van der Waals surface area contributed by atoms with Crippen LogP contribution in [0.2, 0.25) is 0 Å². The number of hydrogen-bond donors (Lipinski definition) is 6. The monoisotopic (exact) mass is 316 g/mol. The van der Waals surface area contributed by atoms with Crippen LogP contribution in [-0.4, -0.2) is 73.9 Å². The molecule has 5 atom stereocenters. The summed E-state index contributed by atoms with van der Waals surface area (Å²) in [6, 6.07) is 3.25. The topological polar surface area (TPSA) is 157 Å². The second kappa shape index (κ2) is 6.46. The molecule has 0 saturated carbocycles. The molecule has 122 valence electrons. The molecule has 1 aromatic rings. The average Bonchev–Trinajstić information content (AvgIpc) is 2.49. The van der Waals surface area contributed by atoms with E-state index in [1.807, 2.05) is 0 Å². The predicted molar refractivity (Wildman–Crippen MR) is 69.5 cm³/mol. The molecule has 0 bridgehead atoms. The number of aliphatic hydroxyl groups is 4. The standard InChI is InChI=1S/C13H16O9/c14-4-8-9(16)10(17)11(18)13(22-8)21-7-3-5(12(19)20)1-2-6(7)15/h1-3,8-11,13-18H,4H2,(H,19,20)/t8-,9-,10+,11-,13-/m1/s1. The Hall–Kier alpha value is -1.91. The maximum atomic E-state index is 10.9. The Labute approximate surface area is 124 Å². The Morgan fingerprint density at radius 2 is 1.86 bits per heavy atom. The molecule has 0 aliphatic carbocycles. The van der Waals surface area contributed by atoms with Crippen LogP contribution in [0.15, 0.2) is 18.2 Å². The van der Waals surface area contributed by atoms with E-state index in [0.717, 1.165) is 18.2 Å². The largest absolute Gasteiger partial charge is 0.504 e. The van der Waals surface area contributed by atoms with Crippen molar-refractivity contribution >= 4 is 5.97 Å². The quantitative estimate of drug-likeness (QED) is 0.380. The van der Waals surface area contributed by atoms with Gasteiger partial charge in [0.1, 0.15) is 24.4 Å². The summed E-state index contributed by atoms with van der Waals surface area (Å²) in [6.45, 7) is -0.633.